The van der Waals surface area contributed by atoms with Crippen molar-refractivity contribution in [3.8, 4) is 0 Å². The molecule has 178 valence electrons. The molecule has 0 bridgehead atoms. The molecule has 0 aliphatic carbocycles. The van der Waals surface area contributed by atoms with Crippen LogP contribution in [-0.2, 0) is 19.2 Å². The van der Waals surface area contributed by atoms with Gasteiger partial charge in [0.2, 0.25) is 11.8 Å². The van der Waals surface area contributed by atoms with Crippen molar-refractivity contribution in [2.45, 2.75) is 90.9 Å². The molecule has 2 heterocycles. The van der Waals surface area contributed by atoms with Crippen molar-refractivity contribution in [2.75, 3.05) is 13.1 Å². The van der Waals surface area contributed by atoms with Gasteiger partial charge in [-0.2, -0.15) is 0 Å². The standard InChI is InChI=1S/C26H40N2O4/c1-3-4-5-6-7-8-9-10-11-12-15-22-19-25(31)28(26(22)32)20-21(2)14-13-18-27-23(29)16-17-24(27)30/h12,15-17,21-22H,3-11,13-14,18-20H2,1-2H3/b15-12+. The van der Waals surface area contributed by atoms with Crippen LogP contribution in [0.3, 0.4) is 0 Å². The van der Waals surface area contributed by atoms with Gasteiger partial charge in [-0.15, -0.1) is 0 Å². The van der Waals surface area contributed by atoms with Crippen LogP contribution in [0.15, 0.2) is 24.3 Å². The van der Waals surface area contributed by atoms with E-state index in [1.807, 2.05) is 13.0 Å². The van der Waals surface area contributed by atoms with Crippen LogP contribution in [0, 0.1) is 11.8 Å². The molecule has 4 amide bonds. The summed E-state index contributed by atoms with van der Waals surface area (Å²) in [6.45, 7) is 5.01. The Morgan fingerprint density at radius 2 is 1.53 bits per heavy atom. The van der Waals surface area contributed by atoms with Crippen LogP contribution in [-0.4, -0.2) is 46.5 Å². The van der Waals surface area contributed by atoms with E-state index in [1.54, 1.807) is 0 Å². The molecule has 0 radical (unpaired) electrons. The highest BCUT2D eigenvalue weighted by Crippen LogP contribution is 2.23. The Bertz CT molecular complexity index is 695. The van der Waals surface area contributed by atoms with Crippen LogP contribution in [0.1, 0.15) is 90.9 Å². The van der Waals surface area contributed by atoms with E-state index in [-0.39, 0.29) is 41.9 Å². The first-order chi connectivity index (χ1) is 15.4. The predicted octanol–water partition coefficient (Wildman–Crippen LogP) is 4.79. The molecule has 1 fully saturated rings. The zero-order chi connectivity index (χ0) is 23.3. The molecule has 0 spiro atoms. The maximum atomic E-state index is 12.7. The van der Waals surface area contributed by atoms with Gasteiger partial charge < -0.3 is 0 Å². The largest absolute Gasteiger partial charge is 0.282 e. The van der Waals surface area contributed by atoms with E-state index in [4.69, 9.17) is 0 Å². The van der Waals surface area contributed by atoms with Gasteiger partial charge in [-0.05, 0) is 31.6 Å². The van der Waals surface area contributed by atoms with Crippen LogP contribution in [0.4, 0.5) is 0 Å². The van der Waals surface area contributed by atoms with Crippen molar-refractivity contribution in [3.63, 3.8) is 0 Å². The van der Waals surface area contributed by atoms with Crippen LogP contribution in [0.5, 0.6) is 0 Å². The summed E-state index contributed by atoms with van der Waals surface area (Å²) >= 11 is 0. The highest BCUT2D eigenvalue weighted by Gasteiger charge is 2.37. The fraction of sp³-hybridized carbons (Fsp3) is 0.692. The fourth-order valence-electron chi connectivity index (χ4n) is 4.36. The molecule has 0 aromatic rings. The average molecular weight is 445 g/mol. The number of carbonyl (C=O) groups excluding carboxylic acids is 4. The number of hydrogen-bond donors (Lipinski definition) is 0. The maximum absolute atomic E-state index is 12.7. The van der Waals surface area contributed by atoms with Crippen molar-refractivity contribution in [1.29, 1.82) is 0 Å². The third-order valence-electron chi connectivity index (χ3n) is 6.34. The second-order valence-corrected chi connectivity index (χ2v) is 9.25. The van der Waals surface area contributed by atoms with Crippen LogP contribution in [0.2, 0.25) is 0 Å². The molecule has 2 aliphatic heterocycles. The van der Waals surface area contributed by atoms with Crippen molar-refractivity contribution >= 4 is 23.6 Å². The third-order valence-corrected chi connectivity index (χ3v) is 6.34. The van der Waals surface area contributed by atoms with Crippen molar-refractivity contribution < 1.29 is 19.2 Å². The quantitative estimate of drug-likeness (QED) is 0.195. The Morgan fingerprint density at radius 1 is 0.906 bits per heavy atom. The number of carbonyl (C=O) groups is 4. The maximum Gasteiger partial charge on any atom is 0.253 e. The minimum atomic E-state index is -0.324. The van der Waals surface area contributed by atoms with E-state index in [0.717, 1.165) is 19.3 Å². The number of unbranched alkanes of at least 4 members (excludes halogenated alkanes) is 8. The minimum absolute atomic E-state index is 0.0943. The SMILES string of the molecule is CCCCCCCCCC/C=C/C1CC(=O)N(CC(C)CCCN2C(=O)C=CC2=O)C1=O. The Balaban J connectivity index is 1.61. The highest BCUT2D eigenvalue weighted by molar-refractivity contribution is 6.12. The molecule has 2 atom stereocenters. The molecule has 2 unspecified atom stereocenters. The molecular weight excluding hydrogens is 404 g/mol. The second-order valence-electron chi connectivity index (χ2n) is 9.25. The number of allylic oxidation sites excluding steroid dienone is 1. The lowest BCUT2D eigenvalue weighted by Crippen LogP contribution is -2.35. The monoisotopic (exact) mass is 444 g/mol. The lowest BCUT2D eigenvalue weighted by atomic mass is 10.0. The summed E-state index contributed by atoms with van der Waals surface area (Å²) in [5.41, 5.74) is 0. The van der Waals surface area contributed by atoms with Gasteiger partial charge >= 0.3 is 0 Å². The van der Waals surface area contributed by atoms with Crippen LogP contribution in [0.25, 0.3) is 0 Å². The molecule has 0 aromatic heterocycles. The van der Waals surface area contributed by atoms with E-state index in [1.165, 1.54) is 66.9 Å². The molecule has 32 heavy (non-hydrogen) atoms. The Hall–Kier alpha value is -2.24. The summed E-state index contributed by atoms with van der Waals surface area (Å²) in [7, 11) is 0. The third kappa shape index (κ3) is 8.36. The number of nitrogens with zero attached hydrogens (tertiary/aromatic N) is 2. The number of hydrogen-bond acceptors (Lipinski definition) is 4. The van der Waals surface area contributed by atoms with Gasteiger partial charge in [0.05, 0.1) is 5.92 Å². The van der Waals surface area contributed by atoms with Gasteiger partial charge in [0.25, 0.3) is 11.8 Å². The zero-order valence-electron chi connectivity index (χ0n) is 19.9. The first-order valence-corrected chi connectivity index (χ1v) is 12.5. The van der Waals surface area contributed by atoms with E-state index in [9.17, 15) is 19.2 Å². The zero-order valence-corrected chi connectivity index (χ0v) is 19.9. The number of amides is 4. The first-order valence-electron chi connectivity index (χ1n) is 12.5. The summed E-state index contributed by atoms with van der Waals surface area (Å²) in [4.78, 5) is 50.8. The lowest BCUT2D eigenvalue weighted by molar-refractivity contribution is -0.140. The Labute approximate surface area is 193 Å². The fourth-order valence-corrected chi connectivity index (χ4v) is 4.36. The topological polar surface area (TPSA) is 74.8 Å². The second kappa shape index (κ2) is 14.0. The van der Waals surface area contributed by atoms with E-state index in [0.29, 0.717) is 19.5 Å². The summed E-state index contributed by atoms with van der Waals surface area (Å²) in [6.07, 6.45) is 19.5. The molecule has 1 saturated heterocycles. The van der Waals surface area contributed by atoms with Crippen molar-refractivity contribution in [3.05, 3.63) is 24.3 Å². The molecule has 2 rings (SSSR count). The van der Waals surface area contributed by atoms with E-state index < -0.39 is 0 Å². The summed E-state index contributed by atoms with van der Waals surface area (Å²) in [6, 6.07) is 0. The molecule has 6 heteroatoms. The normalized spacial score (nSPS) is 19.9. The van der Waals surface area contributed by atoms with Gasteiger partial charge in [0.15, 0.2) is 0 Å². The Kier molecular flexibility index (Phi) is 11.4. The van der Waals surface area contributed by atoms with Gasteiger partial charge in [-0.3, -0.25) is 29.0 Å². The molecular formula is C26H40N2O4. The lowest BCUT2D eigenvalue weighted by Gasteiger charge is -2.20. The van der Waals surface area contributed by atoms with Gasteiger partial charge in [-0.1, -0.05) is 70.9 Å². The molecule has 0 saturated carbocycles. The molecule has 0 aromatic carbocycles. The summed E-state index contributed by atoms with van der Waals surface area (Å²) < 4.78 is 0. The Morgan fingerprint density at radius 3 is 2.19 bits per heavy atom. The van der Waals surface area contributed by atoms with Crippen molar-refractivity contribution in [2.24, 2.45) is 11.8 Å². The number of rotatable bonds is 16. The molecule has 6 nitrogen and oxygen atoms in total. The van der Waals surface area contributed by atoms with Crippen LogP contribution >= 0.6 is 0 Å². The number of likely N-dealkylation sites (tertiary alicyclic amines) is 1. The number of imide groups is 2. The van der Waals surface area contributed by atoms with Gasteiger partial charge in [0, 0.05) is 31.7 Å². The first kappa shape index (κ1) is 26.0. The van der Waals surface area contributed by atoms with E-state index >= 15 is 0 Å². The average Bonchev–Trinajstić information content (AvgIpc) is 3.22. The predicted molar refractivity (Wildman–Crippen MR) is 125 cm³/mol. The highest BCUT2D eigenvalue weighted by atomic mass is 16.2. The van der Waals surface area contributed by atoms with Crippen LogP contribution < -0.4 is 0 Å². The summed E-state index contributed by atoms with van der Waals surface area (Å²) in [5, 5.41) is 0. The smallest absolute Gasteiger partial charge is 0.253 e. The molecule has 2 aliphatic rings. The molecule has 0 N–H and O–H groups in total. The van der Waals surface area contributed by atoms with Gasteiger partial charge in [0.1, 0.15) is 0 Å². The van der Waals surface area contributed by atoms with Gasteiger partial charge in [-0.25, -0.2) is 0 Å². The summed E-state index contributed by atoms with van der Waals surface area (Å²) in [5.74, 6) is -0.928. The van der Waals surface area contributed by atoms with Crippen molar-refractivity contribution in [1.82, 2.24) is 9.80 Å². The minimum Gasteiger partial charge on any atom is -0.282 e. The van der Waals surface area contributed by atoms with E-state index in [2.05, 4.69) is 13.0 Å².